The summed E-state index contributed by atoms with van der Waals surface area (Å²) in [6, 6.07) is 7.57. The Morgan fingerprint density at radius 1 is 1.20 bits per heavy atom. The van der Waals surface area contributed by atoms with Crippen molar-refractivity contribution in [2.45, 2.75) is 18.9 Å². The molecular formula is C13H18N2. The fourth-order valence-electron chi connectivity index (χ4n) is 3.15. The third kappa shape index (κ3) is 1.21. The third-order valence-electron chi connectivity index (χ3n) is 3.93. The molecular weight excluding hydrogens is 184 g/mol. The Hall–Kier alpha value is -1.02. The van der Waals surface area contributed by atoms with Gasteiger partial charge in [0, 0.05) is 37.8 Å². The number of benzene rings is 1. The standard InChI is InChI=1S/C13H18N2/c1-9-4-5-12-10(6-9)11-7-14(2)8-13(11)15(12)3/h4-6,11,13H,7-8H2,1-3H3. The number of hydrogen-bond donors (Lipinski definition) is 0. The van der Waals surface area contributed by atoms with Crippen LogP contribution in [0.5, 0.6) is 0 Å². The number of likely N-dealkylation sites (N-methyl/N-ethyl adjacent to an activating group) is 2. The van der Waals surface area contributed by atoms with Crippen LogP contribution < -0.4 is 4.90 Å². The molecule has 2 atom stereocenters. The predicted molar refractivity (Wildman–Crippen MR) is 63.6 cm³/mol. The molecule has 0 spiro atoms. The van der Waals surface area contributed by atoms with Crippen LogP contribution in [0.3, 0.4) is 0 Å². The van der Waals surface area contributed by atoms with E-state index in [0.717, 1.165) is 5.92 Å². The van der Waals surface area contributed by atoms with Gasteiger partial charge < -0.3 is 9.80 Å². The summed E-state index contributed by atoms with van der Waals surface area (Å²) in [5, 5.41) is 0. The summed E-state index contributed by atoms with van der Waals surface area (Å²) in [4.78, 5) is 4.90. The van der Waals surface area contributed by atoms with Crippen LogP contribution in [-0.4, -0.2) is 38.1 Å². The summed E-state index contributed by atoms with van der Waals surface area (Å²) in [6.45, 7) is 4.60. The fraction of sp³-hybridized carbons (Fsp3) is 0.538. The van der Waals surface area contributed by atoms with Gasteiger partial charge >= 0.3 is 0 Å². The van der Waals surface area contributed by atoms with Crippen molar-refractivity contribution in [1.29, 1.82) is 0 Å². The number of nitrogens with zero attached hydrogens (tertiary/aromatic N) is 2. The van der Waals surface area contributed by atoms with E-state index in [9.17, 15) is 0 Å². The van der Waals surface area contributed by atoms with Gasteiger partial charge in [-0.3, -0.25) is 0 Å². The summed E-state index contributed by atoms with van der Waals surface area (Å²) >= 11 is 0. The summed E-state index contributed by atoms with van der Waals surface area (Å²) in [5.41, 5.74) is 4.40. The molecule has 15 heavy (non-hydrogen) atoms. The molecule has 2 aliphatic rings. The molecule has 0 saturated carbocycles. The van der Waals surface area contributed by atoms with E-state index in [1.165, 1.54) is 24.3 Å². The van der Waals surface area contributed by atoms with Crippen molar-refractivity contribution in [2.75, 3.05) is 32.1 Å². The quantitative estimate of drug-likeness (QED) is 0.633. The topological polar surface area (TPSA) is 6.48 Å². The minimum Gasteiger partial charge on any atom is -0.369 e. The van der Waals surface area contributed by atoms with E-state index in [1.807, 2.05) is 0 Å². The van der Waals surface area contributed by atoms with Crippen LogP contribution in [-0.2, 0) is 0 Å². The molecule has 1 saturated heterocycles. The van der Waals surface area contributed by atoms with E-state index in [-0.39, 0.29) is 0 Å². The zero-order chi connectivity index (χ0) is 10.6. The van der Waals surface area contributed by atoms with Crippen molar-refractivity contribution in [3.8, 4) is 0 Å². The molecule has 0 amide bonds. The smallest absolute Gasteiger partial charge is 0.0495 e. The van der Waals surface area contributed by atoms with E-state index in [4.69, 9.17) is 0 Å². The molecule has 0 radical (unpaired) electrons. The van der Waals surface area contributed by atoms with E-state index < -0.39 is 0 Å². The van der Waals surface area contributed by atoms with Crippen LogP contribution in [0.2, 0.25) is 0 Å². The van der Waals surface area contributed by atoms with E-state index in [2.05, 4.69) is 49.0 Å². The first-order chi connectivity index (χ1) is 7.16. The molecule has 1 aromatic carbocycles. The van der Waals surface area contributed by atoms with Gasteiger partial charge in [0.05, 0.1) is 0 Å². The van der Waals surface area contributed by atoms with Gasteiger partial charge in [-0.2, -0.15) is 0 Å². The highest BCUT2D eigenvalue weighted by molar-refractivity contribution is 5.63. The maximum atomic E-state index is 2.46. The Balaban J connectivity index is 2.08. The van der Waals surface area contributed by atoms with Crippen LogP contribution in [0.1, 0.15) is 17.0 Å². The Morgan fingerprint density at radius 3 is 2.80 bits per heavy atom. The van der Waals surface area contributed by atoms with E-state index in [1.54, 1.807) is 5.56 Å². The van der Waals surface area contributed by atoms with Gasteiger partial charge in [0.15, 0.2) is 0 Å². The average Bonchev–Trinajstić information content (AvgIpc) is 2.67. The van der Waals surface area contributed by atoms with Crippen molar-refractivity contribution in [1.82, 2.24) is 4.90 Å². The number of aryl methyl sites for hydroxylation is 1. The lowest BCUT2D eigenvalue weighted by molar-refractivity contribution is 0.404. The summed E-state index contributed by atoms with van der Waals surface area (Å²) < 4.78 is 0. The largest absolute Gasteiger partial charge is 0.369 e. The van der Waals surface area contributed by atoms with Gasteiger partial charge in [-0.05, 0) is 25.6 Å². The lowest BCUT2D eigenvalue weighted by Crippen LogP contribution is -2.31. The van der Waals surface area contributed by atoms with Gasteiger partial charge in [0.2, 0.25) is 0 Å². The molecule has 1 aromatic rings. The van der Waals surface area contributed by atoms with Crippen molar-refractivity contribution in [2.24, 2.45) is 0 Å². The molecule has 0 aromatic heterocycles. The lowest BCUT2D eigenvalue weighted by atomic mass is 9.97. The van der Waals surface area contributed by atoms with Gasteiger partial charge in [-0.15, -0.1) is 0 Å². The van der Waals surface area contributed by atoms with Gasteiger partial charge in [-0.25, -0.2) is 0 Å². The molecule has 2 heterocycles. The predicted octanol–water partition coefficient (Wildman–Crippen LogP) is 1.84. The average molecular weight is 202 g/mol. The number of likely N-dealkylation sites (tertiary alicyclic amines) is 1. The Bertz CT molecular complexity index is 400. The zero-order valence-electron chi connectivity index (χ0n) is 9.70. The van der Waals surface area contributed by atoms with Crippen LogP contribution in [0.15, 0.2) is 18.2 Å². The molecule has 2 aliphatic heterocycles. The van der Waals surface area contributed by atoms with Crippen LogP contribution >= 0.6 is 0 Å². The van der Waals surface area contributed by atoms with Crippen molar-refractivity contribution in [3.05, 3.63) is 29.3 Å². The maximum Gasteiger partial charge on any atom is 0.0495 e. The van der Waals surface area contributed by atoms with E-state index >= 15 is 0 Å². The molecule has 2 heteroatoms. The fourth-order valence-corrected chi connectivity index (χ4v) is 3.15. The molecule has 0 bridgehead atoms. The minimum absolute atomic E-state index is 0.701. The maximum absolute atomic E-state index is 2.46. The van der Waals surface area contributed by atoms with Crippen molar-refractivity contribution >= 4 is 5.69 Å². The van der Waals surface area contributed by atoms with E-state index in [0.29, 0.717) is 6.04 Å². The zero-order valence-corrected chi connectivity index (χ0v) is 9.70. The second-order valence-electron chi connectivity index (χ2n) is 5.07. The molecule has 0 N–H and O–H groups in total. The monoisotopic (exact) mass is 202 g/mol. The summed E-state index contributed by atoms with van der Waals surface area (Å²) in [5.74, 6) is 0.731. The number of hydrogen-bond acceptors (Lipinski definition) is 2. The van der Waals surface area contributed by atoms with Gasteiger partial charge in [-0.1, -0.05) is 17.7 Å². The van der Waals surface area contributed by atoms with Crippen LogP contribution in [0.25, 0.3) is 0 Å². The van der Waals surface area contributed by atoms with Crippen molar-refractivity contribution in [3.63, 3.8) is 0 Å². The molecule has 0 aliphatic carbocycles. The number of anilines is 1. The highest BCUT2D eigenvalue weighted by Gasteiger charge is 2.41. The Kier molecular flexibility index (Phi) is 1.84. The number of fused-ring (bicyclic) bond motifs is 3. The Labute approximate surface area is 91.5 Å². The van der Waals surface area contributed by atoms with Crippen molar-refractivity contribution < 1.29 is 0 Å². The molecule has 1 fully saturated rings. The summed E-state index contributed by atoms with van der Waals surface area (Å²) in [7, 11) is 4.46. The normalized spacial score (nSPS) is 29.4. The number of rotatable bonds is 0. The Morgan fingerprint density at radius 2 is 2.00 bits per heavy atom. The minimum atomic E-state index is 0.701. The first-order valence-electron chi connectivity index (χ1n) is 5.69. The SMILES string of the molecule is Cc1ccc2c(c1)C1CN(C)CC1N2C. The van der Waals surface area contributed by atoms with Crippen LogP contribution in [0.4, 0.5) is 5.69 Å². The molecule has 80 valence electrons. The van der Waals surface area contributed by atoms with Crippen LogP contribution in [0, 0.1) is 6.92 Å². The lowest BCUT2D eigenvalue weighted by Gasteiger charge is -2.21. The molecule has 2 nitrogen and oxygen atoms in total. The summed E-state index contributed by atoms with van der Waals surface area (Å²) in [6.07, 6.45) is 0. The first-order valence-corrected chi connectivity index (χ1v) is 5.69. The first kappa shape index (κ1) is 9.22. The second kappa shape index (κ2) is 2.99. The molecule has 2 unspecified atom stereocenters. The van der Waals surface area contributed by atoms with Gasteiger partial charge in [0.25, 0.3) is 0 Å². The third-order valence-corrected chi connectivity index (χ3v) is 3.93. The van der Waals surface area contributed by atoms with Gasteiger partial charge in [0.1, 0.15) is 0 Å². The highest BCUT2D eigenvalue weighted by Crippen LogP contribution is 2.43. The highest BCUT2D eigenvalue weighted by atomic mass is 15.3. The molecule has 3 rings (SSSR count). The second-order valence-corrected chi connectivity index (χ2v) is 5.07.